The van der Waals surface area contributed by atoms with Crippen LogP contribution < -0.4 is 5.32 Å². The second kappa shape index (κ2) is 5.42. The fourth-order valence-electron chi connectivity index (χ4n) is 2.58. The molecule has 1 amide bonds. The number of carbonyl (C=O) groups is 2. The highest BCUT2D eigenvalue weighted by Gasteiger charge is 2.35. The number of nitrogens with one attached hydrogen (secondary N) is 1. The van der Waals surface area contributed by atoms with Crippen molar-refractivity contribution >= 4 is 17.7 Å². The summed E-state index contributed by atoms with van der Waals surface area (Å²) in [5.41, 5.74) is 0.939. The summed E-state index contributed by atoms with van der Waals surface area (Å²) in [6.07, 6.45) is 3.00. The van der Waals surface area contributed by atoms with Crippen molar-refractivity contribution in [2.24, 2.45) is 18.9 Å². The van der Waals surface area contributed by atoms with Crippen molar-refractivity contribution in [2.45, 2.75) is 32.6 Å². The number of anilines is 1. The van der Waals surface area contributed by atoms with Gasteiger partial charge in [-0.25, -0.2) is 0 Å². The molecule has 104 valence electrons. The average molecular weight is 265 g/mol. The molecule has 1 saturated carbocycles. The third kappa shape index (κ3) is 2.94. The standard InChI is InChI=1S/C13H19N3O3/c1-8-7-11(15-16(8)2)14-12(17)9-5-3-4-6-10(9)13(18)19/h7,9-10H,3-6H2,1-2H3,(H,18,19)(H,14,15,17)/t9-,10+/m1/s1. The maximum atomic E-state index is 12.2. The zero-order valence-corrected chi connectivity index (χ0v) is 11.2. The minimum atomic E-state index is -0.878. The van der Waals surface area contributed by atoms with Crippen molar-refractivity contribution < 1.29 is 14.7 Å². The molecule has 0 unspecified atom stereocenters. The highest BCUT2D eigenvalue weighted by atomic mass is 16.4. The first kappa shape index (κ1) is 13.6. The van der Waals surface area contributed by atoms with Crippen LogP contribution in [0.4, 0.5) is 5.82 Å². The first-order valence-corrected chi connectivity index (χ1v) is 6.53. The molecule has 1 aromatic heterocycles. The number of carboxylic acid groups (broad SMARTS) is 1. The summed E-state index contributed by atoms with van der Waals surface area (Å²) in [4.78, 5) is 23.4. The van der Waals surface area contributed by atoms with Crippen molar-refractivity contribution in [3.8, 4) is 0 Å². The van der Waals surface area contributed by atoms with Crippen LogP contribution in [0.1, 0.15) is 31.4 Å². The number of carboxylic acids is 1. The van der Waals surface area contributed by atoms with E-state index in [-0.39, 0.29) is 5.91 Å². The number of hydrogen-bond acceptors (Lipinski definition) is 3. The molecule has 2 atom stereocenters. The van der Waals surface area contributed by atoms with Gasteiger partial charge in [0.05, 0.1) is 11.8 Å². The summed E-state index contributed by atoms with van der Waals surface area (Å²) in [5, 5.41) is 16.0. The van der Waals surface area contributed by atoms with Crippen molar-refractivity contribution in [3.63, 3.8) is 0 Å². The first-order chi connectivity index (χ1) is 8.99. The largest absolute Gasteiger partial charge is 0.481 e. The van der Waals surface area contributed by atoms with Gasteiger partial charge >= 0.3 is 5.97 Å². The second-order valence-corrected chi connectivity index (χ2v) is 5.12. The molecule has 0 aromatic carbocycles. The Kier molecular flexibility index (Phi) is 3.87. The number of carbonyl (C=O) groups excluding carboxylic acids is 1. The molecule has 1 aliphatic carbocycles. The maximum absolute atomic E-state index is 12.2. The summed E-state index contributed by atoms with van der Waals surface area (Å²) < 4.78 is 1.67. The molecule has 0 aliphatic heterocycles. The quantitative estimate of drug-likeness (QED) is 0.868. The molecule has 1 fully saturated rings. The predicted octanol–water partition coefficient (Wildman–Crippen LogP) is 1.56. The summed E-state index contributed by atoms with van der Waals surface area (Å²) in [6.45, 7) is 1.89. The van der Waals surface area contributed by atoms with E-state index >= 15 is 0 Å². The summed E-state index contributed by atoms with van der Waals surface area (Å²) in [5.74, 6) is -1.64. The molecule has 2 rings (SSSR count). The van der Waals surface area contributed by atoms with E-state index in [9.17, 15) is 14.7 Å². The Bertz CT molecular complexity index is 476. The lowest BCUT2D eigenvalue weighted by Gasteiger charge is -2.27. The van der Waals surface area contributed by atoms with Crippen molar-refractivity contribution in [1.29, 1.82) is 0 Å². The Labute approximate surface area is 111 Å². The maximum Gasteiger partial charge on any atom is 0.307 e. The number of amides is 1. The molecule has 6 heteroatoms. The molecule has 6 nitrogen and oxygen atoms in total. The Morgan fingerprint density at radius 3 is 2.53 bits per heavy atom. The Balaban J connectivity index is 2.07. The second-order valence-electron chi connectivity index (χ2n) is 5.12. The van der Waals surface area contributed by atoms with Crippen LogP contribution in [-0.2, 0) is 16.6 Å². The molecule has 1 aromatic rings. The van der Waals surface area contributed by atoms with Gasteiger partial charge in [0, 0.05) is 18.8 Å². The molecule has 0 bridgehead atoms. The highest BCUT2D eigenvalue weighted by Crippen LogP contribution is 2.31. The molecule has 19 heavy (non-hydrogen) atoms. The predicted molar refractivity (Wildman–Crippen MR) is 69.7 cm³/mol. The van der Waals surface area contributed by atoms with E-state index in [4.69, 9.17) is 0 Å². The zero-order chi connectivity index (χ0) is 14.0. The van der Waals surface area contributed by atoms with Crippen molar-refractivity contribution in [1.82, 2.24) is 9.78 Å². The Morgan fingerprint density at radius 1 is 1.37 bits per heavy atom. The van der Waals surface area contributed by atoms with E-state index in [2.05, 4.69) is 10.4 Å². The lowest BCUT2D eigenvalue weighted by Crippen LogP contribution is -2.36. The minimum absolute atomic E-state index is 0.231. The van der Waals surface area contributed by atoms with Crippen LogP contribution in [0.5, 0.6) is 0 Å². The van der Waals surface area contributed by atoms with Gasteiger partial charge in [-0.3, -0.25) is 14.3 Å². The van der Waals surface area contributed by atoms with Crippen LogP contribution in [0.15, 0.2) is 6.07 Å². The van der Waals surface area contributed by atoms with Crippen LogP contribution in [0.25, 0.3) is 0 Å². The van der Waals surface area contributed by atoms with Gasteiger partial charge in [0.15, 0.2) is 5.82 Å². The van der Waals surface area contributed by atoms with E-state index < -0.39 is 17.8 Å². The fraction of sp³-hybridized carbons (Fsp3) is 0.615. The SMILES string of the molecule is Cc1cc(NC(=O)[C@@H]2CCCC[C@@H]2C(=O)O)nn1C. The van der Waals surface area contributed by atoms with E-state index in [1.165, 1.54) is 0 Å². The van der Waals surface area contributed by atoms with Crippen LogP contribution in [0.2, 0.25) is 0 Å². The number of aliphatic carboxylic acids is 1. The number of rotatable bonds is 3. The lowest BCUT2D eigenvalue weighted by atomic mass is 9.79. The fourth-order valence-corrected chi connectivity index (χ4v) is 2.58. The lowest BCUT2D eigenvalue weighted by molar-refractivity contribution is -0.147. The monoisotopic (exact) mass is 265 g/mol. The average Bonchev–Trinajstić information content (AvgIpc) is 2.68. The van der Waals surface area contributed by atoms with Crippen LogP contribution >= 0.6 is 0 Å². The summed E-state index contributed by atoms with van der Waals surface area (Å²) in [6, 6.07) is 1.77. The van der Waals surface area contributed by atoms with Gasteiger partial charge in [-0.05, 0) is 19.8 Å². The highest BCUT2D eigenvalue weighted by molar-refractivity contribution is 5.94. The van der Waals surface area contributed by atoms with Crippen LogP contribution in [0.3, 0.4) is 0 Å². The smallest absolute Gasteiger partial charge is 0.307 e. The van der Waals surface area contributed by atoms with E-state index in [1.54, 1.807) is 17.8 Å². The summed E-state index contributed by atoms with van der Waals surface area (Å²) in [7, 11) is 1.80. The third-order valence-electron chi connectivity index (χ3n) is 3.78. The van der Waals surface area contributed by atoms with E-state index in [0.717, 1.165) is 18.5 Å². The van der Waals surface area contributed by atoms with Gasteiger partial charge in [-0.1, -0.05) is 12.8 Å². The molecular weight excluding hydrogens is 246 g/mol. The number of nitrogens with zero attached hydrogens (tertiary/aromatic N) is 2. The summed E-state index contributed by atoms with van der Waals surface area (Å²) >= 11 is 0. The molecular formula is C13H19N3O3. The van der Waals surface area contributed by atoms with E-state index in [0.29, 0.717) is 18.7 Å². The van der Waals surface area contributed by atoms with E-state index in [1.807, 2.05) is 6.92 Å². The van der Waals surface area contributed by atoms with Crippen LogP contribution in [0, 0.1) is 18.8 Å². The Hall–Kier alpha value is -1.85. The molecule has 0 saturated heterocycles. The van der Waals surface area contributed by atoms with Crippen molar-refractivity contribution in [2.75, 3.05) is 5.32 Å². The molecule has 0 spiro atoms. The zero-order valence-electron chi connectivity index (χ0n) is 11.2. The molecule has 1 aliphatic rings. The van der Waals surface area contributed by atoms with Gasteiger partial charge in [-0.2, -0.15) is 5.10 Å². The Morgan fingerprint density at radius 2 is 2.00 bits per heavy atom. The van der Waals surface area contributed by atoms with Crippen molar-refractivity contribution in [3.05, 3.63) is 11.8 Å². The molecule has 1 heterocycles. The normalized spacial score (nSPS) is 23.1. The number of aryl methyl sites for hydroxylation is 2. The van der Waals surface area contributed by atoms with Gasteiger partial charge in [0.2, 0.25) is 5.91 Å². The van der Waals surface area contributed by atoms with Gasteiger partial charge in [0.25, 0.3) is 0 Å². The third-order valence-corrected chi connectivity index (χ3v) is 3.78. The van der Waals surface area contributed by atoms with Gasteiger partial charge < -0.3 is 10.4 Å². The topological polar surface area (TPSA) is 84.2 Å². The molecule has 2 N–H and O–H groups in total. The van der Waals surface area contributed by atoms with Gasteiger partial charge in [0.1, 0.15) is 0 Å². The molecule has 0 radical (unpaired) electrons. The number of aromatic nitrogens is 2. The minimum Gasteiger partial charge on any atom is -0.481 e. The first-order valence-electron chi connectivity index (χ1n) is 6.53. The van der Waals surface area contributed by atoms with Gasteiger partial charge in [-0.15, -0.1) is 0 Å². The number of hydrogen-bond donors (Lipinski definition) is 2. The van der Waals surface area contributed by atoms with Crippen LogP contribution in [-0.4, -0.2) is 26.8 Å².